The molecular weight excluding hydrogens is 446 g/mol. The van der Waals surface area contributed by atoms with Gasteiger partial charge in [0.2, 0.25) is 6.79 Å². The third kappa shape index (κ3) is 4.44. The largest absolute Gasteiger partial charge is 0.463 e. The van der Waals surface area contributed by atoms with Gasteiger partial charge in [0.1, 0.15) is 31.4 Å². The number of aromatic nitrogens is 4. The van der Waals surface area contributed by atoms with Gasteiger partial charge in [0.15, 0.2) is 28.5 Å². The number of nitrogens with one attached hydrogen (secondary N) is 1. The van der Waals surface area contributed by atoms with E-state index in [2.05, 4.69) is 20.3 Å². The fourth-order valence-electron chi connectivity index (χ4n) is 3.99. The van der Waals surface area contributed by atoms with Crippen LogP contribution in [0.3, 0.4) is 0 Å². The van der Waals surface area contributed by atoms with Crippen LogP contribution in [-0.2, 0) is 30.3 Å². The molecule has 0 bridgehead atoms. The second kappa shape index (κ2) is 9.14. The van der Waals surface area contributed by atoms with Crippen LogP contribution in [0.15, 0.2) is 30.9 Å². The zero-order chi connectivity index (χ0) is 23.7. The van der Waals surface area contributed by atoms with E-state index in [0.717, 1.165) is 11.3 Å². The summed E-state index contributed by atoms with van der Waals surface area (Å²) in [5.41, 5.74) is 2.12. The third-order valence-electron chi connectivity index (χ3n) is 5.51. The Hall–Kier alpha value is -3.93. The second-order valence-electron chi connectivity index (χ2n) is 7.90. The first-order chi connectivity index (χ1) is 16.5. The van der Waals surface area contributed by atoms with Crippen molar-refractivity contribution < 1.29 is 33.3 Å². The number of hydrogen-bond acceptors (Lipinski definition) is 11. The molecule has 3 aromatic rings. The van der Waals surface area contributed by atoms with Crippen LogP contribution in [0.1, 0.15) is 32.1 Å². The molecule has 1 aromatic carbocycles. The average Bonchev–Trinajstić information content (AvgIpc) is 3.53. The van der Waals surface area contributed by atoms with Crippen molar-refractivity contribution in [2.45, 2.75) is 45.2 Å². The van der Waals surface area contributed by atoms with Gasteiger partial charge in [0, 0.05) is 26.8 Å². The van der Waals surface area contributed by atoms with Crippen LogP contribution in [0.25, 0.3) is 11.2 Å². The van der Waals surface area contributed by atoms with E-state index in [1.165, 1.54) is 20.2 Å². The molecule has 34 heavy (non-hydrogen) atoms. The Morgan fingerprint density at radius 1 is 1.15 bits per heavy atom. The molecule has 1 N–H and O–H groups in total. The molecule has 12 heteroatoms. The molecule has 0 spiro atoms. The monoisotopic (exact) mass is 469 g/mol. The van der Waals surface area contributed by atoms with Gasteiger partial charge in [-0.2, -0.15) is 0 Å². The van der Waals surface area contributed by atoms with E-state index in [-0.39, 0.29) is 13.4 Å². The molecule has 4 heterocycles. The molecule has 178 valence electrons. The lowest BCUT2D eigenvalue weighted by Gasteiger charge is -2.17. The highest BCUT2D eigenvalue weighted by atomic mass is 16.7. The highest BCUT2D eigenvalue weighted by Gasteiger charge is 2.40. The summed E-state index contributed by atoms with van der Waals surface area (Å²) in [6.07, 6.45) is 1.74. The Morgan fingerprint density at radius 3 is 2.82 bits per heavy atom. The van der Waals surface area contributed by atoms with Gasteiger partial charge in [-0.3, -0.25) is 14.2 Å². The zero-order valence-electron chi connectivity index (χ0n) is 18.6. The minimum atomic E-state index is -0.597. The maximum atomic E-state index is 11.5. The molecule has 3 atom stereocenters. The van der Waals surface area contributed by atoms with Crippen LogP contribution in [0.2, 0.25) is 0 Å². The number of nitrogens with zero attached hydrogens (tertiary/aromatic N) is 4. The number of imidazole rings is 1. The normalized spacial score (nSPS) is 20.9. The van der Waals surface area contributed by atoms with E-state index in [0.29, 0.717) is 35.7 Å². The Kier molecular flexibility index (Phi) is 5.88. The minimum Gasteiger partial charge on any atom is -0.463 e. The van der Waals surface area contributed by atoms with Gasteiger partial charge in [-0.1, -0.05) is 6.07 Å². The summed E-state index contributed by atoms with van der Waals surface area (Å²) in [6.45, 7) is 3.33. The first kappa shape index (κ1) is 21.9. The number of anilines is 1. The molecule has 1 saturated heterocycles. The van der Waals surface area contributed by atoms with Crippen molar-refractivity contribution in [1.29, 1.82) is 0 Å². The van der Waals surface area contributed by atoms with E-state index < -0.39 is 30.4 Å². The summed E-state index contributed by atoms with van der Waals surface area (Å²) in [5, 5.41) is 3.28. The molecule has 2 aromatic heterocycles. The van der Waals surface area contributed by atoms with Crippen molar-refractivity contribution in [3.05, 3.63) is 36.4 Å². The number of carbonyl (C=O) groups is 2. The zero-order valence-corrected chi connectivity index (χ0v) is 18.6. The molecule has 1 fully saturated rings. The Morgan fingerprint density at radius 2 is 2.00 bits per heavy atom. The quantitative estimate of drug-likeness (QED) is 0.508. The van der Waals surface area contributed by atoms with E-state index in [9.17, 15) is 9.59 Å². The standard InChI is InChI=1S/C22H23N5O7/c1-12(28)30-8-18-17(33-13(2)29)6-19(34-18)27-10-26-20-21(24-9-25-22(20)27)23-7-14-3-4-15-16(5-14)32-11-31-15/h3-5,9-10,17-19H,6-8,11H2,1-2H3,(H,23,24,25)/t17-,18+,19+/m0/s1. The Balaban J connectivity index is 1.33. The van der Waals surface area contributed by atoms with E-state index in [1.807, 2.05) is 18.2 Å². The van der Waals surface area contributed by atoms with Crippen LogP contribution < -0.4 is 14.8 Å². The smallest absolute Gasteiger partial charge is 0.303 e. The number of ether oxygens (including phenoxy) is 5. The fourth-order valence-corrected chi connectivity index (χ4v) is 3.99. The van der Waals surface area contributed by atoms with Gasteiger partial charge >= 0.3 is 11.9 Å². The Bertz CT molecular complexity index is 1230. The lowest BCUT2D eigenvalue weighted by Crippen LogP contribution is -2.31. The molecule has 0 amide bonds. The van der Waals surface area contributed by atoms with Crippen molar-refractivity contribution in [3.8, 4) is 11.5 Å². The van der Waals surface area contributed by atoms with Gasteiger partial charge < -0.3 is 29.0 Å². The highest BCUT2D eigenvalue weighted by Crippen LogP contribution is 2.34. The number of esters is 2. The molecule has 0 aliphatic carbocycles. The van der Waals surface area contributed by atoms with Crippen molar-refractivity contribution in [2.24, 2.45) is 0 Å². The van der Waals surface area contributed by atoms with Crippen molar-refractivity contribution in [2.75, 3.05) is 18.7 Å². The van der Waals surface area contributed by atoms with Crippen molar-refractivity contribution in [3.63, 3.8) is 0 Å². The lowest BCUT2D eigenvalue weighted by molar-refractivity contribution is -0.155. The molecule has 0 unspecified atom stereocenters. The molecule has 5 rings (SSSR count). The third-order valence-corrected chi connectivity index (χ3v) is 5.51. The van der Waals surface area contributed by atoms with Gasteiger partial charge in [-0.05, 0) is 17.7 Å². The first-order valence-electron chi connectivity index (χ1n) is 10.7. The highest BCUT2D eigenvalue weighted by molar-refractivity contribution is 5.82. The SMILES string of the molecule is CC(=O)OC[C@H]1O[C@@H](n2cnc3c(NCc4ccc5c(c4)OCO5)ncnc32)C[C@@H]1OC(C)=O. The maximum absolute atomic E-state index is 11.5. The predicted molar refractivity (Wildman–Crippen MR) is 116 cm³/mol. The molecule has 2 aliphatic rings. The summed E-state index contributed by atoms with van der Waals surface area (Å²) in [7, 11) is 0. The number of carbonyl (C=O) groups excluding carboxylic acids is 2. The molecular formula is C22H23N5O7. The van der Waals surface area contributed by atoms with Crippen LogP contribution in [0, 0.1) is 0 Å². The molecule has 2 aliphatic heterocycles. The van der Waals surface area contributed by atoms with Gasteiger partial charge in [0.05, 0.1) is 6.33 Å². The summed E-state index contributed by atoms with van der Waals surface area (Å²) < 4.78 is 29.1. The molecule has 0 saturated carbocycles. The number of rotatable bonds is 7. The second-order valence-corrected chi connectivity index (χ2v) is 7.90. The Labute approximate surface area is 194 Å². The summed E-state index contributed by atoms with van der Waals surface area (Å²) >= 11 is 0. The van der Waals surface area contributed by atoms with Crippen LogP contribution in [0.4, 0.5) is 5.82 Å². The van der Waals surface area contributed by atoms with E-state index in [4.69, 9.17) is 23.7 Å². The van der Waals surface area contributed by atoms with Gasteiger partial charge in [-0.15, -0.1) is 0 Å². The van der Waals surface area contributed by atoms with E-state index in [1.54, 1.807) is 10.9 Å². The van der Waals surface area contributed by atoms with Crippen molar-refractivity contribution >= 4 is 28.9 Å². The average molecular weight is 469 g/mol. The fraction of sp³-hybridized carbons (Fsp3) is 0.409. The van der Waals surface area contributed by atoms with Crippen LogP contribution in [0.5, 0.6) is 11.5 Å². The van der Waals surface area contributed by atoms with Crippen LogP contribution in [-0.4, -0.2) is 57.1 Å². The number of hydrogen-bond donors (Lipinski definition) is 1. The van der Waals surface area contributed by atoms with Gasteiger partial charge in [0.25, 0.3) is 0 Å². The maximum Gasteiger partial charge on any atom is 0.303 e. The van der Waals surface area contributed by atoms with Crippen LogP contribution >= 0.6 is 0 Å². The topological polar surface area (TPSA) is 136 Å². The summed E-state index contributed by atoms with van der Waals surface area (Å²) in [6, 6.07) is 5.73. The van der Waals surface area contributed by atoms with E-state index >= 15 is 0 Å². The molecule has 0 radical (unpaired) electrons. The number of benzene rings is 1. The summed E-state index contributed by atoms with van der Waals surface area (Å²) in [4.78, 5) is 36.0. The molecule has 12 nitrogen and oxygen atoms in total. The predicted octanol–water partition coefficient (Wildman–Crippen LogP) is 1.95. The summed E-state index contributed by atoms with van der Waals surface area (Å²) in [5.74, 6) is 1.12. The van der Waals surface area contributed by atoms with Gasteiger partial charge in [-0.25, -0.2) is 15.0 Å². The first-order valence-corrected chi connectivity index (χ1v) is 10.7. The minimum absolute atomic E-state index is 0.0201. The lowest BCUT2D eigenvalue weighted by atomic mass is 10.2. The van der Waals surface area contributed by atoms with Crippen molar-refractivity contribution in [1.82, 2.24) is 19.5 Å². The number of fused-ring (bicyclic) bond motifs is 2.